The van der Waals surface area contributed by atoms with Crippen LogP contribution in [-0.4, -0.2) is 31.7 Å². The molecule has 0 unspecified atom stereocenters. The molecule has 0 spiro atoms. The summed E-state index contributed by atoms with van der Waals surface area (Å²) in [4.78, 5) is 13.0. The highest BCUT2D eigenvalue weighted by molar-refractivity contribution is 7.89. The Kier molecular flexibility index (Phi) is 5.91. The molecule has 1 atom stereocenters. The summed E-state index contributed by atoms with van der Waals surface area (Å²) in [5.74, 6) is -0.274. The maximum Gasteiger partial charge on any atom is 0.251 e. The lowest BCUT2D eigenvalue weighted by atomic mass is 9.96. The topological polar surface area (TPSA) is 66.5 Å². The lowest BCUT2D eigenvalue weighted by Gasteiger charge is -2.19. The summed E-state index contributed by atoms with van der Waals surface area (Å²) in [5, 5.41) is 3.00. The van der Waals surface area contributed by atoms with Crippen molar-refractivity contribution < 1.29 is 13.2 Å². The summed E-state index contributed by atoms with van der Waals surface area (Å²) in [6.45, 7) is 9.19. The lowest BCUT2D eigenvalue weighted by molar-refractivity contribution is 0.0939. The summed E-state index contributed by atoms with van der Waals surface area (Å²) < 4.78 is 27.0. The fourth-order valence-electron chi connectivity index (χ4n) is 3.68. The van der Waals surface area contributed by atoms with E-state index < -0.39 is 10.0 Å². The molecular weight excluding hydrogens is 372 g/mol. The van der Waals surface area contributed by atoms with Crippen LogP contribution in [0.25, 0.3) is 0 Å². The second-order valence-corrected chi connectivity index (χ2v) is 9.57. The molecule has 28 heavy (non-hydrogen) atoms. The van der Waals surface area contributed by atoms with Gasteiger partial charge < -0.3 is 5.32 Å². The molecule has 0 bridgehead atoms. The number of rotatable bonds is 5. The number of hydrogen-bond acceptors (Lipinski definition) is 3. The minimum Gasteiger partial charge on any atom is -0.346 e. The highest BCUT2D eigenvalue weighted by Crippen LogP contribution is 2.24. The Bertz CT molecular complexity index is 993. The number of nitrogens with one attached hydrogen (secondary N) is 1. The van der Waals surface area contributed by atoms with Crippen LogP contribution in [0.5, 0.6) is 0 Å². The smallest absolute Gasteiger partial charge is 0.251 e. The summed E-state index contributed by atoms with van der Waals surface area (Å²) in [6, 6.07) is 10.4. The van der Waals surface area contributed by atoms with Crippen molar-refractivity contribution in [3.8, 4) is 0 Å². The standard InChI is InChI=1S/C22H28N2O3S/c1-15-12-17(3)21(13-16(15)2)18(4)23-22(25)19-8-7-9-20(14-19)28(26,27)24-10-5-6-11-24/h7-9,12-14,18H,5-6,10-11H2,1-4H3,(H,23,25)/t18-/m0/s1. The van der Waals surface area contributed by atoms with Gasteiger partial charge in [-0.05, 0) is 81.0 Å². The molecular formula is C22H28N2O3S. The molecule has 1 aliphatic heterocycles. The van der Waals surface area contributed by atoms with Crippen LogP contribution < -0.4 is 5.32 Å². The van der Waals surface area contributed by atoms with Crippen LogP contribution in [0.3, 0.4) is 0 Å². The molecule has 6 heteroatoms. The van der Waals surface area contributed by atoms with Gasteiger partial charge in [-0.3, -0.25) is 4.79 Å². The van der Waals surface area contributed by atoms with E-state index in [2.05, 4.69) is 31.3 Å². The van der Waals surface area contributed by atoms with E-state index in [1.807, 2.05) is 13.8 Å². The van der Waals surface area contributed by atoms with E-state index in [9.17, 15) is 13.2 Å². The van der Waals surface area contributed by atoms with Crippen molar-refractivity contribution in [1.29, 1.82) is 0 Å². The third-order valence-corrected chi connectivity index (χ3v) is 7.39. The quantitative estimate of drug-likeness (QED) is 0.828. The predicted octanol–water partition coefficient (Wildman–Crippen LogP) is 3.89. The number of nitrogens with zero attached hydrogens (tertiary/aromatic N) is 1. The van der Waals surface area contributed by atoms with Gasteiger partial charge in [-0.25, -0.2) is 8.42 Å². The van der Waals surface area contributed by atoms with Gasteiger partial charge in [0.15, 0.2) is 0 Å². The number of hydrogen-bond donors (Lipinski definition) is 1. The van der Waals surface area contributed by atoms with E-state index in [4.69, 9.17) is 0 Å². The van der Waals surface area contributed by atoms with Gasteiger partial charge in [0, 0.05) is 18.7 Å². The van der Waals surface area contributed by atoms with Crippen molar-refractivity contribution in [2.24, 2.45) is 0 Å². The van der Waals surface area contributed by atoms with Gasteiger partial charge >= 0.3 is 0 Å². The SMILES string of the molecule is Cc1cc(C)c([C@H](C)NC(=O)c2cccc(S(=O)(=O)N3CCCC3)c2)cc1C. The van der Waals surface area contributed by atoms with Gasteiger partial charge in [0.1, 0.15) is 0 Å². The number of carbonyl (C=O) groups excluding carboxylic acids is 1. The van der Waals surface area contributed by atoms with Crippen LogP contribution in [0.1, 0.15) is 58.4 Å². The minimum absolute atomic E-state index is 0.175. The van der Waals surface area contributed by atoms with E-state index in [-0.39, 0.29) is 16.8 Å². The number of sulfonamides is 1. The average molecular weight is 401 g/mol. The van der Waals surface area contributed by atoms with Gasteiger partial charge in [-0.2, -0.15) is 4.31 Å². The maximum atomic E-state index is 12.8. The Morgan fingerprint density at radius 3 is 2.32 bits per heavy atom. The van der Waals surface area contributed by atoms with Crippen LogP contribution in [0.4, 0.5) is 0 Å². The first-order valence-electron chi connectivity index (χ1n) is 9.69. The van der Waals surface area contributed by atoms with Crippen molar-refractivity contribution in [3.63, 3.8) is 0 Å². The van der Waals surface area contributed by atoms with Crippen molar-refractivity contribution in [1.82, 2.24) is 9.62 Å². The highest BCUT2D eigenvalue weighted by Gasteiger charge is 2.27. The number of aryl methyl sites for hydroxylation is 3. The molecule has 0 saturated carbocycles. The third kappa shape index (κ3) is 4.13. The van der Waals surface area contributed by atoms with E-state index in [0.29, 0.717) is 18.7 Å². The van der Waals surface area contributed by atoms with Crippen LogP contribution >= 0.6 is 0 Å². The van der Waals surface area contributed by atoms with Crippen molar-refractivity contribution in [2.75, 3.05) is 13.1 Å². The predicted molar refractivity (Wildman–Crippen MR) is 111 cm³/mol. The number of benzene rings is 2. The van der Waals surface area contributed by atoms with E-state index >= 15 is 0 Å². The fraction of sp³-hybridized carbons (Fsp3) is 0.409. The molecule has 3 rings (SSSR count). The Morgan fingerprint density at radius 2 is 1.64 bits per heavy atom. The Balaban J connectivity index is 1.81. The van der Waals surface area contributed by atoms with Gasteiger partial charge in [0.05, 0.1) is 10.9 Å². The van der Waals surface area contributed by atoms with Gasteiger partial charge in [-0.1, -0.05) is 18.2 Å². The normalized spacial score (nSPS) is 16.1. The monoisotopic (exact) mass is 400 g/mol. The minimum atomic E-state index is -3.54. The summed E-state index contributed by atoms with van der Waals surface area (Å²) in [5.41, 5.74) is 4.95. The molecule has 0 aliphatic carbocycles. The van der Waals surface area contributed by atoms with Gasteiger partial charge in [-0.15, -0.1) is 0 Å². The summed E-state index contributed by atoms with van der Waals surface area (Å²) in [6.07, 6.45) is 1.76. The van der Waals surface area contributed by atoms with E-state index in [0.717, 1.165) is 24.0 Å². The van der Waals surface area contributed by atoms with Crippen LogP contribution in [0.2, 0.25) is 0 Å². The third-order valence-electron chi connectivity index (χ3n) is 5.50. The molecule has 0 aromatic heterocycles. The molecule has 1 N–H and O–H groups in total. The zero-order valence-electron chi connectivity index (χ0n) is 17.0. The molecule has 0 radical (unpaired) electrons. The summed E-state index contributed by atoms with van der Waals surface area (Å²) in [7, 11) is -3.54. The first-order chi connectivity index (χ1) is 13.2. The number of amides is 1. The highest BCUT2D eigenvalue weighted by atomic mass is 32.2. The second kappa shape index (κ2) is 8.05. The van der Waals surface area contributed by atoms with Crippen molar-refractivity contribution >= 4 is 15.9 Å². The first-order valence-corrected chi connectivity index (χ1v) is 11.1. The molecule has 5 nitrogen and oxygen atoms in total. The zero-order valence-corrected chi connectivity index (χ0v) is 17.8. The summed E-state index contributed by atoms with van der Waals surface area (Å²) >= 11 is 0. The van der Waals surface area contributed by atoms with E-state index in [1.54, 1.807) is 18.2 Å². The lowest BCUT2D eigenvalue weighted by Crippen LogP contribution is -2.29. The first kappa shape index (κ1) is 20.6. The largest absolute Gasteiger partial charge is 0.346 e. The molecule has 1 fully saturated rings. The van der Waals surface area contributed by atoms with Crippen LogP contribution in [0.15, 0.2) is 41.3 Å². The average Bonchev–Trinajstić information content (AvgIpc) is 3.20. The molecule has 1 amide bonds. The zero-order chi connectivity index (χ0) is 20.5. The second-order valence-electron chi connectivity index (χ2n) is 7.63. The molecule has 2 aromatic rings. The Labute approximate surface area is 167 Å². The van der Waals surface area contributed by atoms with E-state index in [1.165, 1.54) is 21.5 Å². The molecule has 1 heterocycles. The van der Waals surface area contributed by atoms with Crippen LogP contribution in [0, 0.1) is 20.8 Å². The van der Waals surface area contributed by atoms with Crippen LogP contribution in [-0.2, 0) is 10.0 Å². The Morgan fingerprint density at radius 1 is 1.00 bits per heavy atom. The van der Waals surface area contributed by atoms with Gasteiger partial charge in [0.2, 0.25) is 10.0 Å². The van der Waals surface area contributed by atoms with Gasteiger partial charge in [0.25, 0.3) is 5.91 Å². The maximum absolute atomic E-state index is 12.8. The van der Waals surface area contributed by atoms with Crippen molar-refractivity contribution in [3.05, 3.63) is 64.2 Å². The molecule has 1 aliphatic rings. The Hall–Kier alpha value is -2.18. The number of carbonyl (C=O) groups is 1. The van der Waals surface area contributed by atoms with Crippen molar-refractivity contribution in [2.45, 2.75) is 51.5 Å². The fourth-order valence-corrected chi connectivity index (χ4v) is 5.25. The molecule has 1 saturated heterocycles. The molecule has 150 valence electrons. The molecule has 2 aromatic carbocycles.